The molecule has 9 heteroatoms. The SMILES string of the molecule is COc1ccc(Cl)cc1C(=O)NNC(=O)c1nccnc1N. The molecule has 0 aliphatic rings. The third kappa shape index (κ3) is 3.41. The fourth-order valence-corrected chi connectivity index (χ4v) is 1.79. The number of hydrogen-bond acceptors (Lipinski definition) is 6. The zero-order chi connectivity index (χ0) is 16.1. The van der Waals surface area contributed by atoms with Gasteiger partial charge in [0.15, 0.2) is 11.5 Å². The fraction of sp³-hybridized carbons (Fsp3) is 0.0769. The molecule has 0 aliphatic carbocycles. The number of methoxy groups -OCH3 is 1. The summed E-state index contributed by atoms with van der Waals surface area (Å²) < 4.78 is 5.06. The molecule has 22 heavy (non-hydrogen) atoms. The largest absolute Gasteiger partial charge is 0.496 e. The number of aromatic nitrogens is 2. The first-order valence-corrected chi connectivity index (χ1v) is 6.41. The predicted molar refractivity (Wildman–Crippen MR) is 79.4 cm³/mol. The minimum Gasteiger partial charge on any atom is -0.496 e. The van der Waals surface area contributed by atoms with E-state index in [1.807, 2.05) is 0 Å². The lowest BCUT2D eigenvalue weighted by atomic mass is 10.2. The second-order valence-corrected chi connectivity index (χ2v) is 4.48. The Hall–Kier alpha value is -2.87. The van der Waals surface area contributed by atoms with Crippen molar-refractivity contribution in [2.75, 3.05) is 12.8 Å². The molecule has 0 atom stereocenters. The van der Waals surface area contributed by atoms with Crippen molar-refractivity contribution in [3.8, 4) is 5.75 Å². The molecule has 8 nitrogen and oxygen atoms in total. The first-order chi connectivity index (χ1) is 10.5. The van der Waals surface area contributed by atoms with E-state index < -0.39 is 11.8 Å². The van der Waals surface area contributed by atoms with Crippen LogP contribution in [0.15, 0.2) is 30.6 Å². The number of hydrazine groups is 1. The van der Waals surface area contributed by atoms with Crippen molar-refractivity contribution in [2.45, 2.75) is 0 Å². The summed E-state index contributed by atoms with van der Waals surface area (Å²) in [5, 5.41) is 0.357. The maximum atomic E-state index is 12.1. The Kier molecular flexibility index (Phi) is 4.74. The van der Waals surface area contributed by atoms with Crippen molar-refractivity contribution in [3.05, 3.63) is 46.9 Å². The molecule has 2 aromatic rings. The molecule has 1 aromatic heterocycles. The second kappa shape index (κ2) is 6.72. The smallest absolute Gasteiger partial charge is 0.292 e. The Morgan fingerprint density at radius 3 is 2.55 bits per heavy atom. The number of nitrogen functional groups attached to an aromatic ring is 1. The summed E-state index contributed by atoms with van der Waals surface area (Å²) in [4.78, 5) is 31.4. The van der Waals surface area contributed by atoms with Gasteiger partial charge < -0.3 is 10.5 Å². The number of carbonyl (C=O) groups is 2. The van der Waals surface area contributed by atoms with Crippen molar-refractivity contribution in [2.24, 2.45) is 0 Å². The van der Waals surface area contributed by atoms with Crippen molar-refractivity contribution in [1.29, 1.82) is 0 Å². The Balaban J connectivity index is 2.09. The van der Waals surface area contributed by atoms with Gasteiger partial charge in [0.2, 0.25) is 0 Å². The lowest BCUT2D eigenvalue weighted by molar-refractivity contribution is 0.0842. The van der Waals surface area contributed by atoms with Crippen LogP contribution in [0.4, 0.5) is 5.82 Å². The molecule has 0 spiro atoms. The Labute approximate surface area is 130 Å². The van der Waals surface area contributed by atoms with E-state index in [0.717, 1.165) is 0 Å². The number of nitrogens with two attached hydrogens (primary N) is 1. The molecule has 0 bridgehead atoms. The van der Waals surface area contributed by atoms with Crippen molar-refractivity contribution >= 4 is 29.2 Å². The molecule has 0 saturated carbocycles. The summed E-state index contributed by atoms with van der Waals surface area (Å²) >= 11 is 5.84. The molecule has 2 amide bonds. The van der Waals surface area contributed by atoms with Gasteiger partial charge in [-0.1, -0.05) is 11.6 Å². The quantitative estimate of drug-likeness (QED) is 0.719. The molecular weight excluding hydrogens is 310 g/mol. The summed E-state index contributed by atoms with van der Waals surface area (Å²) in [6.45, 7) is 0. The first kappa shape index (κ1) is 15.5. The number of halogens is 1. The van der Waals surface area contributed by atoms with Crippen LogP contribution >= 0.6 is 11.6 Å². The van der Waals surface area contributed by atoms with E-state index in [1.165, 1.54) is 25.6 Å². The molecule has 0 radical (unpaired) electrons. The number of anilines is 1. The minimum absolute atomic E-state index is 0.0467. The molecule has 0 unspecified atom stereocenters. The van der Waals surface area contributed by atoms with Gasteiger partial charge in [0, 0.05) is 17.4 Å². The van der Waals surface area contributed by atoms with Gasteiger partial charge in [-0.25, -0.2) is 9.97 Å². The highest BCUT2D eigenvalue weighted by Crippen LogP contribution is 2.22. The summed E-state index contributed by atoms with van der Waals surface area (Å²) in [5.74, 6) is -1.03. The number of amides is 2. The standard InChI is InChI=1S/C13H12ClN5O3/c1-22-9-3-2-7(14)6-8(9)12(20)18-19-13(21)10-11(15)17-5-4-16-10/h2-6H,1H3,(H2,15,17)(H,18,20)(H,19,21). The lowest BCUT2D eigenvalue weighted by Gasteiger charge is -2.10. The van der Waals surface area contributed by atoms with Crippen molar-refractivity contribution in [1.82, 2.24) is 20.8 Å². The molecule has 0 aliphatic heterocycles. The van der Waals surface area contributed by atoms with E-state index in [0.29, 0.717) is 10.8 Å². The van der Waals surface area contributed by atoms with Gasteiger partial charge in [-0.15, -0.1) is 0 Å². The number of benzene rings is 1. The number of carbonyl (C=O) groups excluding carboxylic acids is 2. The fourth-order valence-electron chi connectivity index (χ4n) is 1.62. The lowest BCUT2D eigenvalue weighted by Crippen LogP contribution is -2.42. The van der Waals surface area contributed by atoms with Crippen molar-refractivity contribution in [3.63, 3.8) is 0 Å². The topological polar surface area (TPSA) is 119 Å². The van der Waals surface area contributed by atoms with Crippen LogP contribution in [-0.4, -0.2) is 28.9 Å². The molecule has 0 fully saturated rings. The van der Waals surface area contributed by atoms with E-state index in [4.69, 9.17) is 22.1 Å². The Morgan fingerprint density at radius 1 is 1.18 bits per heavy atom. The molecule has 0 saturated heterocycles. The third-order valence-electron chi connectivity index (χ3n) is 2.64. The van der Waals surface area contributed by atoms with Gasteiger partial charge in [-0.05, 0) is 18.2 Å². The first-order valence-electron chi connectivity index (χ1n) is 6.03. The Bertz CT molecular complexity index is 723. The van der Waals surface area contributed by atoms with Crippen LogP contribution in [0.5, 0.6) is 5.75 Å². The molecule has 1 heterocycles. The average molecular weight is 322 g/mol. The molecule has 4 N–H and O–H groups in total. The summed E-state index contributed by atoms with van der Waals surface area (Å²) in [6.07, 6.45) is 2.66. The maximum absolute atomic E-state index is 12.1. The van der Waals surface area contributed by atoms with Gasteiger partial charge >= 0.3 is 0 Å². The zero-order valence-electron chi connectivity index (χ0n) is 11.5. The molecule has 2 rings (SSSR count). The van der Waals surface area contributed by atoms with Crippen LogP contribution in [0.2, 0.25) is 5.02 Å². The van der Waals surface area contributed by atoms with E-state index in [9.17, 15) is 9.59 Å². The molecule has 114 valence electrons. The van der Waals surface area contributed by atoms with Crippen LogP contribution in [0, 0.1) is 0 Å². The van der Waals surface area contributed by atoms with E-state index >= 15 is 0 Å². The highest BCUT2D eigenvalue weighted by molar-refractivity contribution is 6.31. The second-order valence-electron chi connectivity index (χ2n) is 4.04. The number of rotatable bonds is 3. The van der Waals surface area contributed by atoms with Crippen LogP contribution in [0.25, 0.3) is 0 Å². The number of nitrogens with one attached hydrogen (secondary N) is 2. The molecule has 1 aromatic carbocycles. The van der Waals surface area contributed by atoms with Gasteiger partial charge in [0.1, 0.15) is 5.75 Å². The normalized spacial score (nSPS) is 9.91. The van der Waals surface area contributed by atoms with Gasteiger partial charge in [-0.3, -0.25) is 20.4 Å². The highest BCUT2D eigenvalue weighted by Gasteiger charge is 2.16. The number of nitrogens with zero attached hydrogens (tertiary/aromatic N) is 2. The van der Waals surface area contributed by atoms with E-state index in [-0.39, 0.29) is 17.1 Å². The zero-order valence-corrected chi connectivity index (χ0v) is 12.2. The van der Waals surface area contributed by atoms with Gasteiger partial charge in [-0.2, -0.15) is 0 Å². The van der Waals surface area contributed by atoms with Gasteiger partial charge in [0.05, 0.1) is 12.7 Å². The summed E-state index contributed by atoms with van der Waals surface area (Å²) in [7, 11) is 1.42. The predicted octanol–water partition coefficient (Wildman–Crippen LogP) is 0.796. The minimum atomic E-state index is -0.694. The van der Waals surface area contributed by atoms with Crippen molar-refractivity contribution < 1.29 is 14.3 Å². The van der Waals surface area contributed by atoms with E-state index in [1.54, 1.807) is 12.1 Å². The molecular formula is C13H12ClN5O3. The van der Waals surface area contributed by atoms with Gasteiger partial charge in [0.25, 0.3) is 11.8 Å². The van der Waals surface area contributed by atoms with Crippen LogP contribution in [0.1, 0.15) is 20.8 Å². The Morgan fingerprint density at radius 2 is 1.86 bits per heavy atom. The highest BCUT2D eigenvalue weighted by atomic mass is 35.5. The van der Waals surface area contributed by atoms with Crippen LogP contribution < -0.4 is 21.3 Å². The monoisotopic (exact) mass is 321 g/mol. The maximum Gasteiger partial charge on any atom is 0.292 e. The van der Waals surface area contributed by atoms with Crippen LogP contribution in [0.3, 0.4) is 0 Å². The average Bonchev–Trinajstić information content (AvgIpc) is 2.52. The summed E-state index contributed by atoms with van der Waals surface area (Å²) in [6, 6.07) is 4.54. The van der Waals surface area contributed by atoms with E-state index in [2.05, 4.69) is 20.8 Å². The number of ether oxygens (including phenoxy) is 1. The third-order valence-corrected chi connectivity index (χ3v) is 2.87. The number of hydrogen-bond donors (Lipinski definition) is 3. The summed E-state index contributed by atoms with van der Waals surface area (Å²) in [5.41, 5.74) is 10.0. The van der Waals surface area contributed by atoms with Crippen LogP contribution in [-0.2, 0) is 0 Å².